The van der Waals surface area contributed by atoms with E-state index in [9.17, 15) is 0 Å². The summed E-state index contributed by atoms with van der Waals surface area (Å²) < 4.78 is 11.6. The molecule has 1 aliphatic heterocycles. The molecule has 1 saturated heterocycles. The molecule has 0 aliphatic carbocycles. The van der Waals surface area contributed by atoms with Crippen molar-refractivity contribution in [3.63, 3.8) is 0 Å². The fourth-order valence-corrected chi connectivity index (χ4v) is 3.29. The molecule has 0 spiro atoms. The number of nitrogens with zero attached hydrogens (tertiary/aromatic N) is 1. The van der Waals surface area contributed by atoms with Crippen molar-refractivity contribution in [2.24, 2.45) is 0 Å². The summed E-state index contributed by atoms with van der Waals surface area (Å²) >= 11 is 0. The molecular formula is C20H34N2O2. The van der Waals surface area contributed by atoms with Gasteiger partial charge in [0.15, 0.2) is 0 Å². The molecule has 2 atom stereocenters. The van der Waals surface area contributed by atoms with Gasteiger partial charge in [0.1, 0.15) is 5.75 Å². The van der Waals surface area contributed by atoms with Crippen LogP contribution < -0.4 is 10.1 Å². The highest BCUT2D eigenvalue weighted by Gasteiger charge is 2.21. The van der Waals surface area contributed by atoms with Crippen molar-refractivity contribution in [2.45, 2.75) is 65.4 Å². The minimum atomic E-state index is 0.212. The standard InChI is InChI=1S/C20H34N2O2/c1-16(2)23-20-10-6-5-9-19(20)13-21-11-7-8-12-22-14-17(3)24-18(4)15-22/h5-6,9-10,16-18,21H,7-8,11-15H2,1-4H3. The zero-order valence-electron chi connectivity index (χ0n) is 15.8. The van der Waals surface area contributed by atoms with Gasteiger partial charge in [-0.15, -0.1) is 0 Å². The summed E-state index contributed by atoms with van der Waals surface area (Å²) in [5.74, 6) is 0.997. The van der Waals surface area contributed by atoms with Crippen LogP contribution in [0.15, 0.2) is 24.3 Å². The Kier molecular flexibility index (Phi) is 8.03. The van der Waals surface area contributed by atoms with Crippen LogP contribution in [0.3, 0.4) is 0 Å². The van der Waals surface area contributed by atoms with Crippen molar-refractivity contribution in [3.05, 3.63) is 29.8 Å². The van der Waals surface area contributed by atoms with E-state index in [1.54, 1.807) is 0 Å². The van der Waals surface area contributed by atoms with Gasteiger partial charge in [0.05, 0.1) is 18.3 Å². The minimum Gasteiger partial charge on any atom is -0.491 e. The van der Waals surface area contributed by atoms with Crippen LogP contribution >= 0.6 is 0 Å². The first-order chi connectivity index (χ1) is 11.5. The first kappa shape index (κ1) is 19.2. The van der Waals surface area contributed by atoms with Crippen LogP contribution in [0.25, 0.3) is 0 Å². The van der Waals surface area contributed by atoms with E-state index in [1.807, 2.05) is 6.07 Å². The van der Waals surface area contributed by atoms with Crippen molar-refractivity contribution >= 4 is 0 Å². The maximum atomic E-state index is 5.86. The van der Waals surface area contributed by atoms with Gasteiger partial charge in [0.25, 0.3) is 0 Å². The molecule has 1 aliphatic rings. The van der Waals surface area contributed by atoms with E-state index in [2.05, 4.69) is 56.1 Å². The van der Waals surface area contributed by atoms with Gasteiger partial charge in [0.2, 0.25) is 0 Å². The smallest absolute Gasteiger partial charge is 0.124 e. The van der Waals surface area contributed by atoms with Crippen LogP contribution in [0.1, 0.15) is 46.1 Å². The summed E-state index contributed by atoms with van der Waals surface area (Å²) in [4.78, 5) is 2.53. The summed E-state index contributed by atoms with van der Waals surface area (Å²) in [6.45, 7) is 13.7. The second-order valence-corrected chi connectivity index (χ2v) is 7.18. The largest absolute Gasteiger partial charge is 0.491 e. The van der Waals surface area contributed by atoms with Gasteiger partial charge in [-0.25, -0.2) is 0 Å². The fraction of sp³-hybridized carbons (Fsp3) is 0.700. The van der Waals surface area contributed by atoms with Crippen LogP contribution in [0, 0.1) is 0 Å². The van der Waals surface area contributed by atoms with Gasteiger partial charge in [0, 0.05) is 25.2 Å². The number of para-hydroxylation sites is 1. The van der Waals surface area contributed by atoms with E-state index < -0.39 is 0 Å². The third-order valence-corrected chi connectivity index (χ3v) is 4.22. The van der Waals surface area contributed by atoms with Crippen LogP contribution in [0.4, 0.5) is 0 Å². The molecule has 0 bridgehead atoms. The van der Waals surface area contributed by atoms with Crippen LogP contribution in [-0.4, -0.2) is 49.4 Å². The van der Waals surface area contributed by atoms with E-state index in [0.29, 0.717) is 12.2 Å². The van der Waals surface area contributed by atoms with Gasteiger partial charge in [-0.1, -0.05) is 18.2 Å². The highest BCUT2D eigenvalue weighted by molar-refractivity contribution is 5.33. The number of morpholine rings is 1. The molecule has 0 radical (unpaired) electrons. The molecular weight excluding hydrogens is 300 g/mol. The molecule has 136 valence electrons. The third kappa shape index (κ3) is 6.80. The van der Waals surface area contributed by atoms with E-state index in [-0.39, 0.29) is 6.10 Å². The zero-order valence-corrected chi connectivity index (χ0v) is 15.8. The Bertz CT molecular complexity index is 468. The summed E-state index contributed by atoms with van der Waals surface area (Å²) in [5, 5.41) is 3.55. The minimum absolute atomic E-state index is 0.212. The van der Waals surface area contributed by atoms with Crippen molar-refractivity contribution in [2.75, 3.05) is 26.2 Å². The normalized spacial score (nSPS) is 22.0. The van der Waals surface area contributed by atoms with E-state index in [0.717, 1.165) is 31.9 Å². The molecule has 1 N–H and O–H groups in total. The summed E-state index contributed by atoms with van der Waals surface area (Å²) in [5.41, 5.74) is 1.24. The van der Waals surface area contributed by atoms with Gasteiger partial charge in [-0.2, -0.15) is 0 Å². The molecule has 2 unspecified atom stereocenters. The number of hydrogen-bond donors (Lipinski definition) is 1. The Labute approximate surface area is 147 Å². The predicted molar refractivity (Wildman–Crippen MR) is 99.6 cm³/mol. The Hall–Kier alpha value is -1.10. The molecule has 24 heavy (non-hydrogen) atoms. The lowest BCUT2D eigenvalue weighted by Gasteiger charge is -2.35. The van der Waals surface area contributed by atoms with Crippen LogP contribution in [-0.2, 0) is 11.3 Å². The van der Waals surface area contributed by atoms with E-state index >= 15 is 0 Å². The number of unbranched alkanes of at least 4 members (excludes halogenated alkanes) is 1. The Balaban J connectivity index is 1.62. The first-order valence-electron chi connectivity index (χ1n) is 9.37. The molecule has 4 heteroatoms. The number of hydrogen-bond acceptors (Lipinski definition) is 4. The third-order valence-electron chi connectivity index (χ3n) is 4.22. The highest BCUT2D eigenvalue weighted by atomic mass is 16.5. The van der Waals surface area contributed by atoms with Gasteiger partial charge < -0.3 is 14.8 Å². The Morgan fingerprint density at radius 1 is 1.17 bits per heavy atom. The van der Waals surface area contributed by atoms with Crippen molar-refractivity contribution in [3.8, 4) is 5.75 Å². The summed E-state index contributed by atoms with van der Waals surface area (Å²) in [6.07, 6.45) is 3.38. The maximum Gasteiger partial charge on any atom is 0.124 e. The monoisotopic (exact) mass is 334 g/mol. The topological polar surface area (TPSA) is 33.7 Å². The molecule has 1 heterocycles. The Morgan fingerprint density at radius 3 is 2.58 bits per heavy atom. The molecule has 2 rings (SSSR count). The Morgan fingerprint density at radius 2 is 1.88 bits per heavy atom. The quantitative estimate of drug-likeness (QED) is 0.701. The van der Waals surface area contributed by atoms with Crippen molar-refractivity contribution in [1.29, 1.82) is 0 Å². The van der Waals surface area contributed by atoms with E-state index in [4.69, 9.17) is 9.47 Å². The molecule has 1 fully saturated rings. The SMILES string of the molecule is CC(C)Oc1ccccc1CNCCCCN1CC(C)OC(C)C1. The van der Waals surface area contributed by atoms with E-state index in [1.165, 1.54) is 24.9 Å². The van der Waals surface area contributed by atoms with Gasteiger partial charge in [-0.05, 0) is 59.7 Å². The molecule has 0 saturated carbocycles. The van der Waals surface area contributed by atoms with Gasteiger partial charge >= 0.3 is 0 Å². The summed E-state index contributed by atoms with van der Waals surface area (Å²) in [7, 11) is 0. The average molecular weight is 335 g/mol. The highest BCUT2D eigenvalue weighted by Crippen LogP contribution is 2.19. The van der Waals surface area contributed by atoms with Crippen molar-refractivity contribution in [1.82, 2.24) is 10.2 Å². The van der Waals surface area contributed by atoms with Crippen molar-refractivity contribution < 1.29 is 9.47 Å². The maximum absolute atomic E-state index is 5.86. The lowest BCUT2D eigenvalue weighted by molar-refractivity contribution is -0.0681. The molecule has 1 aromatic rings. The lowest BCUT2D eigenvalue weighted by atomic mass is 10.2. The number of rotatable bonds is 9. The lowest BCUT2D eigenvalue weighted by Crippen LogP contribution is -2.45. The summed E-state index contributed by atoms with van der Waals surface area (Å²) in [6, 6.07) is 8.30. The van der Waals surface area contributed by atoms with Crippen LogP contribution in [0.5, 0.6) is 5.75 Å². The first-order valence-corrected chi connectivity index (χ1v) is 9.37. The average Bonchev–Trinajstić information content (AvgIpc) is 2.50. The molecule has 4 nitrogen and oxygen atoms in total. The molecule has 1 aromatic carbocycles. The predicted octanol–water partition coefficient (Wildman–Crippen LogP) is 3.45. The fourth-order valence-electron chi connectivity index (χ4n) is 3.29. The zero-order chi connectivity index (χ0) is 17.4. The second kappa shape index (κ2) is 10.0. The van der Waals surface area contributed by atoms with Gasteiger partial charge in [-0.3, -0.25) is 4.90 Å². The number of nitrogens with one attached hydrogen (secondary N) is 1. The molecule has 0 aromatic heterocycles. The number of benzene rings is 1. The molecule has 0 amide bonds. The number of ether oxygens (including phenoxy) is 2. The van der Waals surface area contributed by atoms with Crippen LogP contribution in [0.2, 0.25) is 0 Å². The second-order valence-electron chi connectivity index (χ2n) is 7.18.